The van der Waals surface area contributed by atoms with Crippen molar-refractivity contribution < 1.29 is 5.11 Å². The van der Waals surface area contributed by atoms with E-state index in [-0.39, 0.29) is 0 Å². The summed E-state index contributed by atoms with van der Waals surface area (Å²) in [6, 6.07) is 0. The Kier molecular flexibility index (Phi) is 4.16. The summed E-state index contributed by atoms with van der Waals surface area (Å²) in [5, 5.41) is 8.10. The molecule has 0 radical (unpaired) electrons. The first kappa shape index (κ1) is 7.36. The van der Waals surface area contributed by atoms with Crippen molar-refractivity contribution in [2.45, 2.75) is 26.7 Å². The van der Waals surface area contributed by atoms with Crippen LogP contribution in [0.1, 0.15) is 26.7 Å². The van der Waals surface area contributed by atoms with Gasteiger partial charge in [0.2, 0.25) is 0 Å². The SMILES string of the molecule is CCCC(C)C#CO. The fraction of sp³-hybridized carbons (Fsp3) is 0.714. The number of rotatable bonds is 2. The van der Waals surface area contributed by atoms with Crippen molar-refractivity contribution in [1.82, 2.24) is 0 Å². The summed E-state index contributed by atoms with van der Waals surface area (Å²) in [5.74, 6) is 3.00. The van der Waals surface area contributed by atoms with Crippen LogP contribution in [0, 0.1) is 17.9 Å². The molecular formula is C7H12O. The second kappa shape index (κ2) is 4.52. The molecule has 0 saturated heterocycles. The highest BCUT2D eigenvalue weighted by molar-refractivity contribution is 4.94. The van der Waals surface area contributed by atoms with Crippen molar-refractivity contribution >= 4 is 0 Å². The van der Waals surface area contributed by atoms with E-state index in [1.54, 1.807) is 0 Å². The van der Waals surface area contributed by atoms with E-state index in [0.717, 1.165) is 12.8 Å². The Morgan fingerprint density at radius 3 is 2.62 bits per heavy atom. The van der Waals surface area contributed by atoms with Crippen LogP contribution in [0.3, 0.4) is 0 Å². The third-order valence-electron chi connectivity index (χ3n) is 1.03. The van der Waals surface area contributed by atoms with E-state index in [0.29, 0.717) is 5.92 Å². The van der Waals surface area contributed by atoms with Crippen LogP contribution in [0.5, 0.6) is 0 Å². The highest BCUT2D eigenvalue weighted by Crippen LogP contribution is 2.01. The Bertz CT molecular complexity index is 96.7. The van der Waals surface area contributed by atoms with E-state index in [2.05, 4.69) is 12.8 Å². The van der Waals surface area contributed by atoms with Gasteiger partial charge in [-0.2, -0.15) is 0 Å². The molecule has 0 fully saturated rings. The molecule has 0 aliphatic rings. The Balaban J connectivity index is 3.27. The first-order chi connectivity index (χ1) is 3.81. The Labute approximate surface area is 50.7 Å². The lowest BCUT2D eigenvalue weighted by Crippen LogP contribution is -1.86. The molecule has 0 aliphatic carbocycles. The molecule has 0 heterocycles. The number of aliphatic hydroxyl groups is 1. The zero-order chi connectivity index (χ0) is 6.41. The fourth-order valence-electron chi connectivity index (χ4n) is 0.615. The van der Waals surface area contributed by atoms with Crippen LogP contribution in [0.2, 0.25) is 0 Å². The molecule has 0 spiro atoms. The van der Waals surface area contributed by atoms with Gasteiger partial charge in [0.15, 0.2) is 0 Å². The van der Waals surface area contributed by atoms with Gasteiger partial charge in [-0.3, -0.25) is 0 Å². The minimum absolute atomic E-state index is 0.352. The molecule has 1 unspecified atom stereocenters. The van der Waals surface area contributed by atoms with Crippen LogP contribution in [0.4, 0.5) is 0 Å². The normalized spacial score (nSPS) is 11.8. The maximum atomic E-state index is 8.10. The third-order valence-corrected chi connectivity index (χ3v) is 1.03. The average molecular weight is 112 g/mol. The van der Waals surface area contributed by atoms with Gasteiger partial charge in [0.1, 0.15) is 6.11 Å². The Morgan fingerprint density at radius 1 is 1.62 bits per heavy atom. The van der Waals surface area contributed by atoms with Gasteiger partial charge >= 0.3 is 0 Å². The lowest BCUT2D eigenvalue weighted by Gasteiger charge is -1.95. The van der Waals surface area contributed by atoms with E-state index >= 15 is 0 Å². The van der Waals surface area contributed by atoms with Crippen LogP contribution >= 0.6 is 0 Å². The van der Waals surface area contributed by atoms with E-state index in [4.69, 9.17) is 5.11 Å². The quantitative estimate of drug-likeness (QED) is 0.539. The summed E-state index contributed by atoms with van der Waals surface area (Å²) in [7, 11) is 0. The monoisotopic (exact) mass is 112 g/mol. The summed E-state index contributed by atoms with van der Waals surface area (Å²) in [6.45, 7) is 4.11. The summed E-state index contributed by atoms with van der Waals surface area (Å²) in [4.78, 5) is 0. The summed E-state index contributed by atoms with van der Waals surface area (Å²) in [5.41, 5.74) is 0. The second-order valence-electron chi connectivity index (χ2n) is 1.95. The maximum Gasteiger partial charge on any atom is 0.107 e. The molecule has 46 valence electrons. The molecule has 0 aromatic rings. The Morgan fingerprint density at radius 2 is 2.25 bits per heavy atom. The van der Waals surface area contributed by atoms with Gasteiger partial charge in [0, 0.05) is 5.92 Å². The highest BCUT2D eigenvalue weighted by Gasteiger charge is 1.91. The van der Waals surface area contributed by atoms with E-state index in [9.17, 15) is 0 Å². The zero-order valence-electron chi connectivity index (χ0n) is 5.44. The highest BCUT2D eigenvalue weighted by atomic mass is 16.2. The lowest BCUT2D eigenvalue weighted by atomic mass is 10.1. The molecule has 0 aliphatic heterocycles. The number of hydrogen-bond acceptors (Lipinski definition) is 1. The van der Waals surface area contributed by atoms with Crippen LogP contribution in [-0.4, -0.2) is 5.11 Å². The van der Waals surface area contributed by atoms with Gasteiger partial charge in [-0.15, -0.1) is 0 Å². The van der Waals surface area contributed by atoms with Crippen molar-refractivity contribution in [1.29, 1.82) is 0 Å². The van der Waals surface area contributed by atoms with Crippen LogP contribution in [-0.2, 0) is 0 Å². The van der Waals surface area contributed by atoms with Crippen LogP contribution in [0.15, 0.2) is 0 Å². The van der Waals surface area contributed by atoms with Gasteiger partial charge in [0.25, 0.3) is 0 Å². The van der Waals surface area contributed by atoms with E-state index in [1.807, 2.05) is 13.0 Å². The number of aliphatic hydroxyl groups excluding tert-OH is 1. The first-order valence-corrected chi connectivity index (χ1v) is 2.95. The van der Waals surface area contributed by atoms with E-state index in [1.165, 1.54) is 0 Å². The fourth-order valence-corrected chi connectivity index (χ4v) is 0.615. The molecule has 0 saturated carbocycles. The molecule has 8 heavy (non-hydrogen) atoms. The largest absolute Gasteiger partial charge is 0.462 e. The van der Waals surface area contributed by atoms with Crippen LogP contribution in [0.25, 0.3) is 0 Å². The molecule has 1 nitrogen and oxygen atoms in total. The minimum Gasteiger partial charge on any atom is -0.462 e. The van der Waals surface area contributed by atoms with Crippen molar-refractivity contribution in [2.75, 3.05) is 0 Å². The van der Waals surface area contributed by atoms with Crippen molar-refractivity contribution in [2.24, 2.45) is 5.92 Å². The summed E-state index contributed by atoms with van der Waals surface area (Å²) < 4.78 is 0. The molecule has 0 amide bonds. The molecule has 0 aromatic carbocycles. The predicted octanol–water partition coefficient (Wildman–Crippen LogP) is 1.76. The predicted molar refractivity (Wildman–Crippen MR) is 33.8 cm³/mol. The van der Waals surface area contributed by atoms with Gasteiger partial charge in [-0.1, -0.05) is 26.2 Å². The smallest absolute Gasteiger partial charge is 0.107 e. The molecular weight excluding hydrogens is 100 g/mol. The van der Waals surface area contributed by atoms with Crippen molar-refractivity contribution in [3.05, 3.63) is 0 Å². The van der Waals surface area contributed by atoms with Gasteiger partial charge in [-0.25, -0.2) is 0 Å². The van der Waals surface area contributed by atoms with Crippen molar-refractivity contribution in [3.63, 3.8) is 0 Å². The zero-order valence-corrected chi connectivity index (χ0v) is 5.44. The molecule has 1 heteroatoms. The average Bonchev–Trinajstić information content (AvgIpc) is 1.68. The summed E-state index contributed by atoms with van der Waals surface area (Å²) in [6.07, 6.45) is 4.11. The maximum absolute atomic E-state index is 8.10. The van der Waals surface area contributed by atoms with Gasteiger partial charge < -0.3 is 5.11 Å². The molecule has 0 aromatic heterocycles. The molecule has 0 rings (SSSR count). The van der Waals surface area contributed by atoms with E-state index < -0.39 is 0 Å². The lowest BCUT2D eigenvalue weighted by molar-refractivity contribution is 0.511. The van der Waals surface area contributed by atoms with Crippen LogP contribution < -0.4 is 0 Å². The molecule has 1 N–H and O–H groups in total. The molecule has 0 bridgehead atoms. The second-order valence-corrected chi connectivity index (χ2v) is 1.95. The van der Waals surface area contributed by atoms with Gasteiger partial charge in [-0.05, 0) is 6.42 Å². The van der Waals surface area contributed by atoms with Gasteiger partial charge in [0.05, 0.1) is 0 Å². The topological polar surface area (TPSA) is 20.2 Å². The number of hydrogen-bond donors (Lipinski definition) is 1. The standard InChI is InChI=1S/C7H12O/c1-3-4-7(2)5-6-8/h7-8H,3-4H2,1-2H3. The summed E-state index contributed by atoms with van der Waals surface area (Å²) >= 11 is 0. The first-order valence-electron chi connectivity index (χ1n) is 2.95. The third kappa shape index (κ3) is 3.55. The molecule has 1 atom stereocenters. The Hall–Kier alpha value is -0.640. The van der Waals surface area contributed by atoms with Crippen molar-refractivity contribution in [3.8, 4) is 12.0 Å². The minimum atomic E-state index is 0.352.